The molecule has 25 heavy (non-hydrogen) atoms. The molecular formula is C17H26BFN2O4. The van der Waals surface area contributed by atoms with Crippen LogP contribution in [0.4, 0.5) is 4.39 Å². The van der Waals surface area contributed by atoms with Crippen LogP contribution in [0.2, 0.25) is 6.32 Å². The normalized spacial score (nSPS) is 18.2. The van der Waals surface area contributed by atoms with Crippen molar-refractivity contribution >= 4 is 13.3 Å². The maximum absolute atomic E-state index is 12.9. The minimum absolute atomic E-state index is 0.175. The van der Waals surface area contributed by atoms with Crippen LogP contribution in [0.15, 0.2) is 24.3 Å². The Morgan fingerprint density at radius 2 is 1.92 bits per heavy atom. The van der Waals surface area contributed by atoms with E-state index < -0.39 is 7.12 Å². The molecule has 0 spiro atoms. The SMILES string of the molecule is NC(CCCCB(O)O)C1CCN(Cc2ccc(F)cc2)C1.O=C=O. The summed E-state index contributed by atoms with van der Waals surface area (Å²) in [6, 6.07) is 6.86. The van der Waals surface area contributed by atoms with Crippen molar-refractivity contribution in [1.29, 1.82) is 0 Å². The van der Waals surface area contributed by atoms with Gasteiger partial charge < -0.3 is 15.8 Å². The second-order valence-corrected chi connectivity index (χ2v) is 6.42. The summed E-state index contributed by atoms with van der Waals surface area (Å²) in [6.07, 6.45) is 4.45. The van der Waals surface area contributed by atoms with Gasteiger partial charge in [0.2, 0.25) is 0 Å². The summed E-state index contributed by atoms with van der Waals surface area (Å²) in [6.45, 7) is 2.87. The molecule has 4 N–H and O–H groups in total. The van der Waals surface area contributed by atoms with E-state index >= 15 is 0 Å². The standard InChI is InChI=1S/C16H26BFN2O2.CO2/c18-15-6-4-13(5-7-15)11-20-10-8-14(12-20)16(19)3-1-2-9-17(21)22;2-1-3/h4-7,14,16,21-22H,1-3,8-12,19H2;. The van der Waals surface area contributed by atoms with Gasteiger partial charge in [0, 0.05) is 19.1 Å². The Hall–Kier alpha value is -1.57. The first-order valence-electron chi connectivity index (χ1n) is 8.54. The number of rotatable bonds is 8. The average molecular weight is 352 g/mol. The molecule has 0 saturated carbocycles. The number of hydrogen-bond acceptors (Lipinski definition) is 6. The van der Waals surface area contributed by atoms with E-state index in [2.05, 4.69) is 4.90 Å². The average Bonchev–Trinajstić information content (AvgIpc) is 3.03. The summed E-state index contributed by atoms with van der Waals surface area (Å²) in [4.78, 5) is 18.6. The summed E-state index contributed by atoms with van der Waals surface area (Å²) in [7, 11) is -1.20. The minimum atomic E-state index is -1.20. The molecule has 0 aromatic heterocycles. The number of likely N-dealkylation sites (tertiary alicyclic amines) is 1. The quantitative estimate of drug-likeness (QED) is 0.477. The molecule has 6 nitrogen and oxygen atoms in total. The molecule has 138 valence electrons. The van der Waals surface area contributed by atoms with Crippen LogP contribution in [0.3, 0.4) is 0 Å². The fraction of sp³-hybridized carbons (Fsp3) is 0.588. The van der Waals surface area contributed by atoms with Crippen LogP contribution < -0.4 is 5.73 Å². The van der Waals surface area contributed by atoms with Gasteiger partial charge in [-0.3, -0.25) is 4.90 Å². The van der Waals surface area contributed by atoms with Crippen molar-refractivity contribution in [2.75, 3.05) is 13.1 Å². The van der Waals surface area contributed by atoms with E-state index in [4.69, 9.17) is 25.4 Å². The van der Waals surface area contributed by atoms with Gasteiger partial charge in [-0.2, -0.15) is 9.59 Å². The van der Waals surface area contributed by atoms with Gasteiger partial charge >= 0.3 is 13.3 Å². The van der Waals surface area contributed by atoms with Gasteiger partial charge in [0.05, 0.1) is 0 Å². The Morgan fingerprint density at radius 1 is 1.28 bits per heavy atom. The van der Waals surface area contributed by atoms with Crippen LogP contribution in [0.5, 0.6) is 0 Å². The molecule has 1 heterocycles. The van der Waals surface area contributed by atoms with Crippen LogP contribution in [-0.2, 0) is 16.1 Å². The summed E-state index contributed by atoms with van der Waals surface area (Å²) >= 11 is 0. The molecule has 1 aliphatic rings. The molecule has 0 radical (unpaired) electrons. The van der Waals surface area contributed by atoms with E-state index in [0.29, 0.717) is 12.2 Å². The fourth-order valence-corrected chi connectivity index (χ4v) is 3.15. The van der Waals surface area contributed by atoms with Crippen LogP contribution in [-0.4, -0.2) is 47.3 Å². The Morgan fingerprint density at radius 3 is 2.52 bits per heavy atom. The smallest absolute Gasteiger partial charge is 0.427 e. The van der Waals surface area contributed by atoms with Gasteiger partial charge in [0.1, 0.15) is 5.82 Å². The number of hydrogen-bond donors (Lipinski definition) is 3. The first kappa shape index (κ1) is 21.5. The van der Waals surface area contributed by atoms with Crippen LogP contribution in [0, 0.1) is 11.7 Å². The molecule has 1 aliphatic heterocycles. The summed E-state index contributed by atoms with van der Waals surface area (Å²) in [5, 5.41) is 17.6. The van der Waals surface area contributed by atoms with Crippen molar-refractivity contribution in [3.8, 4) is 0 Å². The molecule has 1 saturated heterocycles. The fourth-order valence-electron chi connectivity index (χ4n) is 3.15. The predicted molar refractivity (Wildman–Crippen MR) is 91.6 cm³/mol. The third-order valence-corrected chi connectivity index (χ3v) is 4.48. The first-order chi connectivity index (χ1) is 12.0. The molecule has 0 aliphatic carbocycles. The maximum atomic E-state index is 12.9. The topological polar surface area (TPSA) is 104 Å². The minimum Gasteiger partial charge on any atom is -0.427 e. The molecule has 8 heteroatoms. The Balaban J connectivity index is 0.000000970. The largest absolute Gasteiger partial charge is 0.451 e. The Kier molecular flexibility index (Phi) is 10.2. The molecule has 0 amide bonds. The summed E-state index contributed by atoms with van der Waals surface area (Å²) in [5.74, 6) is 0.303. The zero-order valence-corrected chi connectivity index (χ0v) is 14.3. The highest BCUT2D eigenvalue weighted by Gasteiger charge is 2.27. The van der Waals surface area contributed by atoms with Gasteiger partial charge in [0.25, 0.3) is 0 Å². The highest BCUT2D eigenvalue weighted by molar-refractivity contribution is 6.40. The highest BCUT2D eigenvalue weighted by atomic mass is 19.1. The van der Waals surface area contributed by atoms with Crippen molar-refractivity contribution in [2.24, 2.45) is 11.7 Å². The number of nitrogens with two attached hydrogens (primary N) is 1. The zero-order valence-electron chi connectivity index (χ0n) is 14.3. The number of halogens is 1. The molecule has 1 fully saturated rings. The van der Waals surface area contributed by atoms with Gasteiger partial charge in [-0.05, 0) is 49.3 Å². The second kappa shape index (κ2) is 11.9. The molecule has 1 aromatic carbocycles. The van der Waals surface area contributed by atoms with Gasteiger partial charge in [0.15, 0.2) is 0 Å². The Bertz CT molecular complexity index is 524. The van der Waals surface area contributed by atoms with Crippen molar-refractivity contribution in [3.63, 3.8) is 0 Å². The summed E-state index contributed by atoms with van der Waals surface area (Å²) in [5.41, 5.74) is 7.40. The first-order valence-corrected chi connectivity index (χ1v) is 8.54. The molecule has 1 aromatic rings. The van der Waals surface area contributed by atoms with E-state index in [1.54, 1.807) is 0 Å². The van der Waals surface area contributed by atoms with Crippen molar-refractivity contribution in [1.82, 2.24) is 4.90 Å². The molecule has 0 bridgehead atoms. The lowest BCUT2D eigenvalue weighted by molar-refractivity contribution is -0.191. The monoisotopic (exact) mass is 352 g/mol. The number of benzene rings is 1. The van der Waals surface area contributed by atoms with Gasteiger partial charge in [-0.15, -0.1) is 0 Å². The van der Waals surface area contributed by atoms with Crippen molar-refractivity contribution in [3.05, 3.63) is 35.6 Å². The lowest BCUT2D eigenvalue weighted by Gasteiger charge is -2.20. The van der Waals surface area contributed by atoms with E-state index in [-0.39, 0.29) is 18.0 Å². The maximum Gasteiger partial charge on any atom is 0.451 e. The highest BCUT2D eigenvalue weighted by Crippen LogP contribution is 2.23. The number of nitrogens with zero attached hydrogens (tertiary/aromatic N) is 1. The van der Waals surface area contributed by atoms with Gasteiger partial charge in [-0.1, -0.05) is 25.0 Å². The lowest BCUT2D eigenvalue weighted by Crippen LogP contribution is -2.32. The van der Waals surface area contributed by atoms with Crippen molar-refractivity contribution in [2.45, 2.75) is 44.6 Å². The third-order valence-electron chi connectivity index (χ3n) is 4.48. The van der Waals surface area contributed by atoms with E-state index in [1.165, 1.54) is 12.1 Å². The van der Waals surface area contributed by atoms with E-state index in [9.17, 15) is 4.39 Å². The Labute approximate surface area is 148 Å². The van der Waals surface area contributed by atoms with E-state index in [0.717, 1.165) is 50.9 Å². The molecular weight excluding hydrogens is 326 g/mol. The third kappa shape index (κ3) is 8.91. The van der Waals surface area contributed by atoms with Crippen LogP contribution >= 0.6 is 0 Å². The van der Waals surface area contributed by atoms with E-state index in [1.807, 2.05) is 12.1 Å². The number of unbranched alkanes of at least 4 members (excludes halogenated alkanes) is 1. The molecule has 2 unspecified atom stereocenters. The molecule has 2 atom stereocenters. The summed E-state index contributed by atoms with van der Waals surface area (Å²) < 4.78 is 12.9. The molecule has 2 rings (SSSR count). The lowest BCUT2D eigenvalue weighted by atomic mass is 9.82. The number of carbonyl (C=O) groups excluding carboxylic acids is 2. The zero-order chi connectivity index (χ0) is 18.7. The van der Waals surface area contributed by atoms with Crippen LogP contribution in [0.1, 0.15) is 31.2 Å². The predicted octanol–water partition coefficient (Wildman–Crippen LogP) is 1.03. The van der Waals surface area contributed by atoms with Crippen molar-refractivity contribution < 1.29 is 24.0 Å². The van der Waals surface area contributed by atoms with Gasteiger partial charge in [-0.25, -0.2) is 4.39 Å². The second-order valence-electron chi connectivity index (χ2n) is 6.42. The van der Waals surface area contributed by atoms with Crippen LogP contribution in [0.25, 0.3) is 0 Å².